The van der Waals surface area contributed by atoms with Gasteiger partial charge < -0.3 is 15.1 Å². The lowest BCUT2D eigenvalue weighted by Gasteiger charge is -2.03. The van der Waals surface area contributed by atoms with Crippen LogP contribution in [0.15, 0.2) is 82.1 Å². The number of thioether (sulfide) groups is 1. The molecule has 2 aromatic carbocycles. The van der Waals surface area contributed by atoms with Gasteiger partial charge in [-0.15, -0.1) is 6.58 Å². The van der Waals surface area contributed by atoms with Crippen molar-refractivity contribution >= 4 is 50.9 Å². The third-order valence-corrected chi connectivity index (χ3v) is 6.42. The summed E-state index contributed by atoms with van der Waals surface area (Å²) in [6, 6.07) is 18.8. The van der Waals surface area contributed by atoms with Crippen molar-refractivity contribution in [3.63, 3.8) is 0 Å². The minimum atomic E-state index is -0.350. The molecule has 8 heteroatoms. The van der Waals surface area contributed by atoms with E-state index in [4.69, 9.17) is 4.42 Å². The molecule has 2 aromatic heterocycles. The van der Waals surface area contributed by atoms with Crippen molar-refractivity contribution in [2.45, 2.75) is 4.34 Å². The van der Waals surface area contributed by atoms with Gasteiger partial charge in [0.2, 0.25) is 5.91 Å². The zero-order valence-electron chi connectivity index (χ0n) is 16.5. The van der Waals surface area contributed by atoms with Crippen molar-refractivity contribution < 1.29 is 14.0 Å². The average Bonchev–Trinajstić information content (AvgIpc) is 3.41. The van der Waals surface area contributed by atoms with Gasteiger partial charge in [0.25, 0.3) is 5.91 Å². The molecular formula is C23H19N3O3S2. The second kappa shape index (κ2) is 9.63. The number of hydrogen-bond acceptors (Lipinski definition) is 6. The summed E-state index contributed by atoms with van der Waals surface area (Å²) in [5.41, 5.74) is 2.19. The molecular weight excluding hydrogens is 430 g/mol. The van der Waals surface area contributed by atoms with Crippen molar-refractivity contribution in [2.75, 3.05) is 17.6 Å². The number of furan rings is 1. The number of aromatic nitrogens is 1. The van der Waals surface area contributed by atoms with Crippen LogP contribution in [-0.4, -0.2) is 29.1 Å². The second-order valence-electron chi connectivity index (χ2n) is 6.51. The van der Waals surface area contributed by atoms with E-state index in [9.17, 15) is 9.59 Å². The zero-order valence-corrected chi connectivity index (χ0v) is 18.1. The number of carbonyl (C=O) groups excluding carboxylic acids is 2. The quantitative estimate of drug-likeness (QED) is 0.285. The van der Waals surface area contributed by atoms with Gasteiger partial charge in [0, 0.05) is 17.5 Å². The Kier molecular flexibility index (Phi) is 6.49. The number of thiazole rings is 1. The molecule has 0 atom stereocenters. The van der Waals surface area contributed by atoms with Crippen molar-refractivity contribution in [1.82, 2.24) is 10.3 Å². The van der Waals surface area contributed by atoms with Crippen LogP contribution < -0.4 is 10.6 Å². The highest BCUT2D eigenvalue weighted by Crippen LogP contribution is 2.38. The first-order chi connectivity index (χ1) is 15.1. The van der Waals surface area contributed by atoms with E-state index in [0.717, 1.165) is 10.9 Å². The van der Waals surface area contributed by atoms with Gasteiger partial charge >= 0.3 is 0 Å². The van der Waals surface area contributed by atoms with Crippen LogP contribution in [0.25, 0.3) is 22.2 Å². The Bertz CT molecular complexity index is 1200. The van der Waals surface area contributed by atoms with E-state index in [0.29, 0.717) is 27.2 Å². The van der Waals surface area contributed by atoms with E-state index < -0.39 is 0 Å². The van der Waals surface area contributed by atoms with Crippen molar-refractivity contribution in [1.29, 1.82) is 0 Å². The van der Waals surface area contributed by atoms with E-state index in [2.05, 4.69) is 22.2 Å². The highest BCUT2D eigenvalue weighted by atomic mass is 32.2. The van der Waals surface area contributed by atoms with Crippen LogP contribution in [0, 0.1) is 0 Å². The Hall–Kier alpha value is -3.36. The van der Waals surface area contributed by atoms with Crippen LogP contribution in [0.4, 0.5) is 5.00 Å². The number of fused-ring (bicyclic) bond motifs is 1. The standard InChI is InChI=1S/C23H19N3O3S2/c1-2-12-24-19(27)14-30-23-25-20(15-8-4-3-5-9-15)22(31-23)26-21(28)18-13-16-10-6-7-11-17(16)29-18/h2-11,13H,1,12,14H2,(H,24,27)(H,26,28). The monoisotopic (exact) mass is 449 g/mol. The summed E-state index contributed by atoms with van der Waals surface area (Å²) in [5.74, 6) is 0.00478. The Balaban J connectivity index is 1.57. The van der Waals surface area contributed by atoms with Gasteiger partial charge in [0.15, 0.2) is 10.1 Å². The van der Waals surface area contributed by atoms with Crippen LogP contribution in [0.1, 0.15) is 10.6 Å². The van der Waals surface area contributed by atoms with Crippen molar-refractivity contribution in [3.05, 3.63) is 79.1 Å². The molecule has 0 saturated carbocycles. The maximum absolute atomic E-state index is 12.9. The Morgan fingerprint density at radius 3 is 2.68 bits per heavy atom. The van der Waals surface area contributed by atoms with Gasteiger partial charge in [-0.2, -0.15) is 0 Å². The number of carbonyl (C=O) groups is 2. The third-order valence-electron chi connectivity index (χ3n) is 4.30. The smallest absolute Gasteiger partial charge is 0.292 e. The molecule has 0 saturated heterocycles. The van der Waals surface area contributed by atoms with Gasteiger partial charge in [-0.05, 0) is 12.1 Å². The number of nitrogens with one attached hydrogen (secondary N) is 2. The predicted molar refractivity (Wildman–Crippen MR) is 126 cm³/mol. The van der Waals surface area contributed by atoms with Gasteiger partial charge in [0.1, 0.15) is 16.3 Å². The first-order valence-corrected chi connectivity index (χ1v) is 11.3. The summed E-state index contributed by atoms with van der Waals surface area (Å²) in [5, 5.41) is 7.13. The fourth-order valence-electron chi connectivity index (χ4n) is 2.86. The number of nitrogens with zero attached hydrogens (tertiary/aromatic N) is 1. The Morgan fingerprint density at radius 1 is 1.13 bits per heavy atom. The molecule has 0 bridgehead atoms. The molecule has 31 heavy (non-hydrogen) atoms. The molecule has 2 N–H and O–H groups in total. The third kappa shape index (κ3) is 5.04. The van der Waals surface area contributed by atoms with Crippen LogP contribution >= 0.6 is 23.1 Å². The van der Waals surface area contributed by atoms with Gasteiger partial charge in [-0.3, -0.25) is 9.59 Å². The minimum Gasteiger partial charge on any atom is -0.451 e. The van der Waals surface area contributed by atoms with Gasteiger partial charge in [-0.25, -0.2) is 4.98 Å². The molecule has 0 aliphatic heterocycles. The number of hydrogen-bond donors (Lipinski definition) is 2. The number of anilines is 1. The van der Waals surface area contributed by atoms with Crippen LogP contribution in [0.5, 0.6) is 0 Å². The van der Waals surface area contributed by atoms with Gasteiger partial charge in [-0.1, -0.05) is 77.7 Å². The molecule has 4 rings (SSSR count). The van der Waals surface area contributed by atoms with E-state index in [1.165, 1.54) is 23.1 Å². The summed E-state index contributed by atoms with van der Waals surface area (Å²) >= 11 is 2.65. The van der Waals surface area contributed by atoms with Crippen LogP contribution in [-0.2, 0) is 4.79 Å². The van der Waals surface area contributed by atoms with Crippen LogP contribution in [0.3, 0.4) is 0 Å². The molecule has 0 fully saturated rings. The molecule has 0 aliphatic rings. The average molecular weight is 450 g/mol. The van der Waals surface area contributed by atoms with E-state index >= 15 is 0 Å². The first-order valence-electron chi connectivity index (χ1n) is 9.50. The van der Waals surface area contributed by atoms with Crippen molar-refractivity contribution in [2.24, 2.45) is 0 Å². The number of amides is 2. The topological polar surface area (TPSA) is 84.2 Å². The van der Waals surface area contributed by atoms with E-state index in [-0.39, 0.29) is 23.3 Å². The SMILES string of the molecule is C=CCNC(=O)CSc1nc(-c2ccccc2)c(NC(=O)c2cc3ccccc3o2)s1. The largest absolute Gasteiger partial charge is 0.451 e. The molecule has 6 nitrogen and oxygen atoms in total. The fraction of sp³-hybridized carbons (Fsp3) is 0.0870. The molecule has 0 aliphatic carbocycles. The second-order valence-corrected chi connectivity index (χ2v) is 8.73. The zero-order chi connectivity index (χ0) is 21.6. The lowest BCUT2D eigenvalue weighted by Crippen LogP contribution is -2.24. The normalized spacial score (nSPS) is 10.7. The Labute approximate surface area is 187 Å². The summed E-state index contributed by atoms with van der Waals surface area (Å²) in [7, 11) is 0. The number of benzene rings is 2. The number of rotatable bonds is 8. The summed E-state index contributed by atoms with van der Waals surface area (Å²) in [4.78, 5) is 29.4. The highest BCUT2D eigenvalue weighted by molar-refractivity contribution is 8.01. The lowest BCUT2D eigenvalue weighted by molar-refractivity contribution is -0.118. The molecule has 2 heterocycles. The summed E-state index contributed by atoms with van der Waals surface area (Å²) < 4.78 is 6.36. The van der Waals surface area contributed by atoms with Crippen LogP contribution in [0.2, 0.25) is 0 Å². The molecule has 2 amide bonds. The van der Waals surface area contributed by atoms with Crippen molar-refractivity contribution in [3.8, 4) is 11.3 Å². The Morgan fingerprint density at radius 2 is 1.90 bits per heavy atom. The highest BCUT2D eigenvalue weighted by Gasteiger charge is 2.19. The predicted octanol–water partition coefficient (Wildman–Crippen LogP) is 5.20. The number of para-hydroxylation sites is 1. The maximum atomic E-state index is 12.9. The minimum absolute atomic E-state index is 0.103. The van der Waals surface area contributed by atoms with Gasteiger partial charge in [0.05, 0.1) is 5.75 Å². The molecule has 0 radical (unpaired) electrons. The summed E-state index contributed by atoms with van der Waals surface area (Å²) in [6.45, 7) is 4.01. The molecule has 0 unspecified atom stereocenters. The van der Waals surface area contributed by atoms with E-state index in [1.54, 1.807) is 12.1 Å². The molecule has 4 aromatic rings. The summed E-state index contributed by atoms with van der Waals surface area (Å²) in [6.07, 6.45) is 1.63. The maximum Gasteiger partial charge on any atom is 0.292 e. The van der Waals surface area contributed by atoms with E-state index in [1.807, 2.05) is 54.6 Å². The molecule has 156 valence electrons. The first kappa shape index (κ1) is 20.9. The molecule has 0 spiro atoms. The lowest BCUT2D eigenvalue weighted by atomic mass is 10.2. The fourth-order valence-corrected chi connectivity index (χ4v) is 4.75.